The SMILES string of the molecule is CC(C)C1=CC=CC(C)(c2[nH]nc3nccc(NCc4ncn(C)n4)c23)C1. The van der Waals surface area contributed by atoms with Crippen molar-refractivity contribution in [2.75, 3.05) is 5.32 Å². The van der Waals surface area contributed by atoms with Crippen molar-refractivity contribution in [1.82, 2.24) is 29.9 Å². The maximum absolute atomic E-state index is 4.46. The molecule has 2 N–H and O–H groups in total. The van der Waals surface area contributed by atoms with E-state index in [0.29, 0.717) is 12.5 Å². The molecule has 1 aliphatic carbocycles. The number of nitrogens with zero attached hydrogens (tertiary/aromatic N) is 5. The van der Waals surface area contributed by atoms with Gasteiger partial charge in [0.2, 0.25) is 0 Å². The van der Waals surface area contributed by atoms with Gasteiger partial charge in [0.15, 0.2) is 11.5 Å². The zero-order valence-corrected chi connectivity index (χ0v) is 16.2. The van der Waals surface area contributed by atoms with Crippen LogP contribution in [0.5, 0.6) is 0 Å². The molecule has 1 unspecified atom stereocenters. The van der Waals surface area contributed by atoms with Crippen molar-refractivity contribution in [2.24, 2.45) is 13.0 Å². The standard InChI is InChI=1S/C20H25N7/c1-13(2)14-6-5-8-20(3,10-14)18-17-15(7-9-21-19(17)25-24-18)22-11-16-23-12-27(4)26-16/h5-9,12-13H,10-11H2,1-4H3,(H2,21,22,24,25). The largest absolute Gasteiger partial charge is 0.377 e. The molecular weight excluding hydrogens is 338 g/mol. The molecule has 3 heterocycles. The lowest BCUT2D eigenvalue weighted by atomic mass is 9.74. The molecule has 0 saturated heterocycles. The highest BCUT2D eigenvalue weighted by molar-refractivity contribution is 5.92. The number of H-pyrrole nitrogens is 1. The highest BCUT2D eigenvalue weighted by Gasteiger charge is 2.32. The normalized spacial score (nSPS) is 19.7. The molecule has 0 spiro atoms. The van der Waals surface area contributed by atoms with E-state index in [9.17, 15) is 0 Å². The second kappa shape index (κ2) is 6.64. The van der Waals surface area contributed by atoms with E-state index in [-0.39, 0.29) is 5.41 Å². The first-order valence-electron chi connectivity index (χ1n) is 9.26. The monoisotopic (exact) mass is 363 g/mol. The molecule has 0 aromatic carbocycles. The number of fused-ring (bicyclic) bond motifs is 1. The lowest BCUT2D eigenvalue weighted by Crippen LogP contribution is -2.24. The molecule has 4 rings (SSSR count). The maximum Gasteiger partial charge on any atom is 0.183 e. The number of aromatic nitrogens is 6. The van der Waals surface area contributed by atoms with Crippen LogP contribution in [0.25, 0.3) is 11.0 Å². The van der Waals surface area contributed by atoms with Gasteiger partial charge in [-0.05, 0) is 18.4 Å². The zero-order valence-electron chi connectivity index (χ0n) is 16.2. The minimum Gasteiger partial charge on any atom is -0.377 e. The van der Waals surface area contributed by atoms with Crippen LogP contribution in [-0.2, 0) is 19.0 Å². The van der Waals surface area contributed by atoms with Gasteiger partial charge in [-0.15, -0.1) is 0 Å². The van der Waals surface area contributed by atoms with Crippen LogP contribution in [0.4, 0.5) is 5.69 Å². The number of pyridine rings is 1. The molecular formula is C20H25N7. The Morgan fingerprint density at radius 3 is 2.93 bits per heavy atom. The van der Waals surface area contributed by atoms with E-state index in [1.165, 1.54) is 5.57 Å². The van der Waals surface area contributed by atoms with Gasteiger partial charge in [-0.2, -0.15) is 10.2 Å². The summed E-state index contributed by atoms with van der Waals surface area (Å²) in [6.45, 7) is 7.28. The highest BCUT2D eigenvalue weighted by atomic mass is 15.3. The Kier molecular flexibility index (Phi) is 4.30. The third-order valence-corrected chi connectivity index (χ3v) is 5.20. The van der Waals surface area contributed by atoms with E-state index in [1.54, 1.807) is 17.2 Å². The number of hydrogen-bond donors (Lipinski definition) is 2. The molecule has 0 saturated carbocycles. The summed E-state index contributed by atoms with van der Waals surface area (Å²) in [5.41, 5.74) is 4.10. The molecule has 1 aliphatic rings. The molecule has 140 valence electrons. The van der Waals surface area contributed by atoms with Gasteiger partial charge < -0.3 is 5.32 Å². The number of allylic oxidation sites excluding steroid dienone is 4. The first kappa shape index (κ1) is 17.5. The summed E-state index contributed by atoms with van der Waals surface area (Å²) in [6, 6.07) is 1.99. The van der Waals surface area contributed by atoms with Crippen molar-refractivity contribution in [2.45, 2.75) is 39.2 Å². The Balaban J connectivity index is 1.70. The van der Waals surface area contributed by atoms with Crippen molar-refractivity contribution in [3.05, 3.63) is 53.9 Å². The number of aryl methyl sites for hydroxylation is 1. The van der Waals surface area contributed by atoms with Gasteiger partial charge in [-0.25, -0.2) is 9.97 Å². The van der Waals surface area contributed by atoms with E-state index in [2.05, 4.69) is 69.6 Å². The first-order chi connectivity index (χ1) is 13.0. The predicted octanol–water partition coefficient (Wildman–Crippen LogP) is 3.50. The van der Waals surface area contributed by atoms with Crippen LogP contribution in [0.15, 0.2) is 42.4 Å². The minimum absolute atomic E-state index is 0.147. The van der Waals surface area contributed by atoms with Gasteiger partial charge >= 0.3 is 0 Å². The van der Waals surface area contributed by atoms with E-state index >= 15 is 0 Å². The van der Waals surface area contributed by atoms with Crippen LogP contribution >= 0.6 is 0 Å². The van der Waals surface area contributed by atoms with Crippen molar-refractivity contribution in [3.63, 3.8) is 0 Å². The van der Waals surface area contributed by atoms with Crippen LogP contribution in [0.3, 0.4) is 0 Å². The number of rotatable bonds is 5. The van der Waals surface area contributed by atoms with Gasteiger partial charge in [0.05, 0.1) is 17.6 Å². The summed E-state index contributed by atoms with van der Waals surface area (Å²) in [4.78, 5) is 8.73. The number of hydrogen-bond acceptors (Lipinski definition) is 5. The van der Waals surface area contributed by atoms with Gasteiger partial charge in [0.1, 0.15) is 6.33 Å². The van der Waals surface area contributed by atoms with Gasteiger partial charge in [-0.3, -0.25) is 9.78 Å². The lowest BCUT2D eigenvalue weighted by molar-refractivity contribution is 0.528. The average Bonchev–Trinajstić information content (AvgIpc) is 3.26. The smallest absolute Gasteiger partial charge is 0.183 e. The number of nitrogens with one attached hydrogen (secondary N) is 2. The van der Waals surface area contributed by atoms with Crippen molar-refractivity contribution in [3.8, 4) is 0 Å². The number of anilines is 1. The molecule has 0 bridgehead atoms. The predicted molar refractivity (Wildman–Crippen MR) is 106 cm³/mol. The number of aromatic amines is 1. The molecule has 3 aromatic heterocycles. The average molecular weight is 363 g/mol. The maximum atomic E-state index is 4.46. The van der Waals surface area contributed by atoms with Crippen LogP contribution in [0.1, 0.15) is 38.7 Å². The molecule has 3 aromatic rings. The topological polar surface area (TPSA) is 84.3 Å². The van der Waals surface area contributed by atoms with Crippen LogP contribution < -0.4 is 5.32 Å². The van der Waals surface area contributed by atoms with Crippen molar-refractivity contribution < 1.29 is 0 Å². The molecule has 27 heavy (non-hydrogen) atoms. The highest BCUT2D eigenvalue weighted by Crippen LogP contribution is 2.41. The van der Waals surface area contributed by atoms with E-state index in [1.807, 2.05) is 13.1 Å². The summed E-state index contributed by atoms with van der Waals surface area (Å²) in [6.07, 6.45) is 11.1. The quantitative estimate of drug-likeness (QED) is 0.725. The van der Waals surface area contributed by atoms with E-state index in [4.69, 9.17) is 0 Å². The Morgan fingerprint density at radius 1 is 1.33 bits per heavy atom. The first-order valence-corrected chi connectivity index (χ1v) is 9.26. The van der Waals surface area contributed by atoms with Crippen molar-refractivity contribution >= 4 is 16.7 Å². The van der Waals surface area contributed by atoms with Gasteiger partial charge in [-0.1, -0.05) is 44.6 Å². The Hall–Kier alpha value is -2.96. The fourth-order valence-corrected chi connectivity index (χ4v) is 3.64. The summed E-state index contributed by atoms with van der Waals surface area (Å²) in [5.74, 6) is 1.27. The molecule has 0 aliphatic heterocycles. The third-order valence-electron chi connectivity index (χ3n) is 5.20. The lowest BCUT2D eigenvalue weighted by Gasteiger charge is -2.31. The van der Waals surface area contributed by atoms with Gasteiger partial charge in [0, 0.05) is 24.3 Å². The van der Waals surface area contributed by atoms with E-state index < -0.39 is 0 Å². The molecule has 0 radical (unpaired) electrons. The van der Waals surface area contributed by atoms with Gasteiger partial charge in [0.25, 0.3) is 0 Å². The molecule has 1 atom stereocenters. The molecule has 7 nitrogen and oxygen atoms in total. The minimum atomic E-state index is -0.147. The Labute approximate surface area is 158 Å². The second-order valence-electron chi connectivity index (χ2n) is 7.69. The summed E-state index contributed by atoms with van der Waals surface area (Å²) < 4.78 is 1.70. The van der Waals surface area contributed by atoms with Crippen LogP contribution in [0, 0.1) is 5.92 Å². The fourth-order valence-electron chi connectivity index (χ4n) is 3.64. The second-order valence-corrected chi connectivity index (χ2v) is 7.69. The molecule has 0 amide bonds. The fraction of sp³-hybridized carbons (Fsp3) is 0.400. The molecule has 0 fully saturated rings. The Bertz CT molecular complexity index is 1020. The Morgan fingerprint density at radius 2 is 2.19 bits per heavy atom. The van der Waals surface area contributed by atoms with Crippen LogP contribution in [-0.4, -0.2) is 29.9 Å². The van der Waals surface area contributed by atoms with Crippen LogP contribution in [0.2, 0.25) is 0 Å². The third kappa shape index (κ3) is 3.25. The summed E-state index contributed by atoms with van der Waals surface area (Å²) >= 11 is 0. The van der Waals surface area contributed by atoms with E-state index in [0.717, 1.165) is 34.7 Å². The summed E-state index contributed by atoms with van der Waals surface area (Å²) in [5, 5.41) is 16.5. The molecule has 7 heteroatoms. The summed E-state index contributed by atoms with van der Waals surface area (Å²) in [7, 11) is 1.87. The van der Waals surface area contributed by atoms with Crippen molar-refractivity contribution in [1.29, 1.82) is 0 Å². The zero-order chi connectivity index (χ0) is 19.0.